The first kappa shape index (κ1) is 18.9. The van der Waals surface area contributed by atoms with Gasteiger partial charge in [-0.25, -0.2) is 0 Å². The zero-order chi connectivity index (χ0) is 19.4. The van der Waals surface area contributed by atoms with E-state index in [-0.39, 0.29) is 19.4 Å². The topological polar surface area (TPSA) is 112 Å². The van der Waals surface area contributed by atoms with Crippen molar-refractivity contribution in [1.29, 1.82) is 0 Å². The Balaban J connectivity index is 1.74. The summed E-state index contributed by atoms with van der Waals surface area (Å²) in [5.41, 5.74) is 2.00. The third kappa shape index (κ3) is 4.27. The lowest BCUT2D eigenvalue weighted by Gasteiger charge is -2.18. The minimum atomic E-state index is -1.12. The predicted octanol–water partition coefficient (Wildman–Crippen LogP) is 2.06. The molecule has 0 radical (unpaired) electrons. The molecular formula is C20H22N2O5. The summed E-state index contributed by atoms with van der Waals surface area (Å²) in [6.45, 7) is 0.351. The standard InChI is InChI=1S/C20H22N2O5/c23-13(11-21-16(20(26)27)9-10-19(24)25)12-22-17-7-3-1-5-14(17)15-6-2-4-8-18(15)22/h1-8,13,16,21,23H,9-12H2,(H,24,25)(H,26,27)/t13-,16-/m0/s1. The number of nitrogens with one attached hydrogen (secondary N) is 1. The van der Waals surface area contributed by atoms with E-state index in [1.807, 2.05) is 53.1 Å². The van der Waals surface area contributed by atoms with Crippen LogP contribution in [0.5, 0.6) is 0 Å². The van der Waals surface area contributed by atoms with Gasteiger partial charge in [-0.05, 0) is 18.6 Å². The van der Waals surface area contributed by atoms with E-state index in [0.717, 1.165) is 21.8 Å². The van der Waals surface area contributed by atoms with E-state index in [0.29, 0.717) is 6.54 Å². The quantitative estimate of drug-likeness (QED) is 0.459. The Morgan fingerprint density at radius 2 is 1.52 bits per heavy atom. The molecule has 4 N–H and O–H groups in total. The molecule has 0 aliphatic carbocycles. The number of aliphatic hydroxyl groups is 1. The van der Waals surface area contributed by atoms with E-state index in [2.05, 4.69) is 5.32 Å². The van der Waals surface area contributed by atoms with Crippen molar-refractivity contribution in [3.05, 3.63) is 48.5 Å². The number of hydrogen-bond donors (Lipinski definition) is 4. The molecule has 7 heteroatoms. The highest BCUT2D eigenvalue weighted by Crippen LogP contribution is 2.28. The van der Waals surface area contributed by atoms with E-state index in [1.54, 1.807) is 0 Å². The monoisotopic (exact) mass is 370 g/mol. The largest absolute Gasteiger partial charge is 0.481 e. The molecule has 3 aromatic rings. The molecule has 142 valence electrons. The van der Waals surface area contributed by atoms with Gasteiger partial charge in [-0.15, -0.1) is 0 Å². The Bertz CT molecular complexity index is 912. The summed E-state index contributed by atoms with van der Waals surface area (Å²) >= 11 is 0. The van der Waals surface area contributed by atoms with Gasteiger partial charge in [0.2, 0.25) is 0 Å². The zero-order valence-electron chi connectivity index (χ0n) is 14.7. The number of aliphatic carboxylic acids is 2. The first-order chi connectivity index (χ1) is 13.0. The van der Waals surface area contributed by atoms with Crippen LogP contribution in [0.15, 0.2) is 48.5 Å². The molecule has 0 fully saturated rings. The Morgan fingerprint density at radius 3 is 2.04 bits per heavy atom. The number of benzene rings is 2. The number of aromatic nitrogens is 1. The van der Waals surface area contributed by atoms with Crippen LogP contribution in [-0.2, 0) is 16.1 Å². The number of nitrogens with zero attached hydrogens (tertiary/aromatic N) is 1. The molecule has 27 heavy (non-hydrogen) atoms. The van der Waals surface area contributed by atoms with Crippen molar-refractivity contribution in [3.8, 4) is 0 Å². The molecule has 0 bridgehead atoms. The highest BCUT2D eigenvalue weighted by molar-refractivity contribution is 6.07. The second kappa shape index (κ2) is 8.20. The molecule has 0 amide bonds. The number of fused-ring (bicyclic) bond motifs is 3. The molecule has 0 unspecified atom stereocenters. The van der Waals surface area contributed by atoms with Crippen molar-refractivity contribution in [1.82, 2.24) is 9.88 Å². The molecule has 0 aliphatic heterocycles. The molecule has 1 heterocycles. The number of para-hydroxylation sites is 2. The molecule has 3 rings (SSSR count). The Hall–Kier alpha value is -2.90. The van der Waals surface area contributed by atoms with E-state index in [4.69, 9.17) is 5.11 Å². The SMILES string of the molecule is O=C(O)CC[C@H](NC[C@H](O)Cn1c2ccccc2c2ccccc21)C(=O)O. The van der Waals surface area contributed by atoms with E-state index in [1.165, 1.54) is 0 Å². The van der Waals surface area contributed by atoms with Crippen LogP contribution in [0, 0.1) is 0 Å². The molecular weight excluding hydrogens is 348 g/mol. The van der Waals surface area contributed by atoms with Gasteiger partial charge in [0.15, 0.2) is 0 Å². The highest BCUT2D eigenvalue weighted by Gasteiger charge is 2.20. The van der Waals surface area contributed by atoms with Gasteiger partial charge < -0.3 is 25.2 Å². The van der Waals surface area contributed by atoms with Gasteiger partial charge in [0, 0.05) is 34.8 Å². The van der Waals surface area contributed by atoms with Crippen LogP contribution in [0.25, 0.3) is 21.8 Å². The van der Waals surface area contributed by atoms with Crippen molar-refractivity contribution < 1.29 is 24.9 Å². The summed E-state index contributed by atoms with van der Waals surface area (Å²) in [6.07, 6.45) is -1.10. The molecule has 7 nitrogen and oxygen atoms in total. The van der Waals surface area contributed by atoms with E-state index < -0.39 is 24.1 Å². The van der Waals surface area contributed by atoms with Crippen LogP contribution in [0.2, 0.25) is 0 Å². The van der Waals surface area contributed by atoms with Crippen molar-refractivity contribution in [3.63, 3.8) is 0 Å². The molecule has 0 saturated carbocycles. The van der Waals surface area contributed by atoms with Gasteiger partial charge in [-0.2, -0.15) is 0 Å². The number of carbonyl (C=O) groups is 2. The smallest absolute Gasteiger partial charge is 0.320 e. The summed E-state index contributed by atoms with van der Waals surface area (Å²) < 4.78 is 2.02. The predicted molar refractivity (Wildman–Crippen MR) is 102 cm³/mol. The lowest BCUT2D eigenvalue weighted by Crippen LogP contribution is -2.42. The Kier molecular flexibility index (Phi) is 5.73. The third-order valence-corrected chi connectivity index (χ3v) is 4.62. The Morgan fingerprint density at radius 1 is 0.963 bits per heavy atom. The molecule has 0 aliphatic rings. The van der Waals surface area contributed by atoms with Gasteiger partial charge in [0.25, 0.3) is 0 Å². The molecule has 2 atom stereocenters. The lowest BCUT2D eigenvalue weighted by atomic mass is 10.1. The van der Waals surface area contributed by atoms with E-state index >= 15 is 0 Å². The fourth-order valence-corrected chi connectivity index (χ4v) is 3.33. The van der Waals surface area contributed by atoms with Crippen LogP contribution in [-0.4, -0.2) is 50.5 Å². The molecule has 1 aromatic heterocycles. The van der Waals surface area contributed by atoms with Gasteiger partial charge in [0.05, 0.1) is 12.6 Å². The molecule has 0 saturated heterocycles. The van der Waals surface area contributed by atoms with Gasteiger partial charge in [-0.3, -0.25) is 9.59 Å². The molecule has 2 aromatic carbocycles. The minimum absolute atomic E-state index is 0.0350. The lowest BCUT2D eigenvalue weighted by molar-refractivity contribution is -0.140. The van der Waals surface area contributed by atoms with E-state index in [9.17, 15) is 19.8 Å². The van der Waals surface area contributed by atoms with Crippen LogP contribution in [0.4, 0.5) is 0 Å². The number of rotatable bonds is 9. The van der Waals surface area contributed by atoms with Crippen LogP contribution in [0.3, 0.4) is 0 Å². The summed E-state index contributed by atoms with van der Waals surface area (Å²) in [4.78, 5) is 21.9. The first-order valence-electron chi connectivity index (χ1n) is 8.79. The maximum Gasteiger partial charge on any atom is 0.320 e. The normalized spacial score (nSPS) is 13.7. The Labute approximate surface area is 155 Å². The second-order valence-corrected chi connectivity index (χ2v) is 6.53. The number of carboxylic acid groups (broad SMARTS) is 2. The minimum Gasteiger partial charge on any atom is -0.481 e. The fraction of sp³-hybridized carbons (Fsp3) is 0.300. The third-order valence-electron chi connectivity index (χ3n) is 4.62. The summed E-state index contributed by atoms with van der Waals surface area (Å²) in [5, 5.41) is 33.3. The van der Waals surface area contributed by atoms with Crippen molar-refractivity contribution in [2.24, 2.45) is 0 Å². The molecule has 0 spiro atoms. The number of aliphatic hydroxyl groups excluding tert-OH is 1. The average molecular weight is 370 g/mol. The first-order valence-corrected chi connectivity index (χ1v) is 8.79. The van der Waals surface area contributed by atoms with Crippen molar-refractivity contribution in [2.75, 3.05) is 6.54 Å². The highest BCUT2D eigenvalue weighted by atomic mass is 16.4. The number of hydrogen-bond acceptors (Lipinski definition) is 4. The van der Waals surface area contributed by atoms with Crippen LogP contribution in [0.1, 0.15) is 12.8 Å². The van der Waals surface area contributed by atoms with Gasteiger partial charge in [-0.1, -0.05) is 36.4 Å². The summed E-state index contributed by atoms with van der Waals surface area (Å²) in [6, 6.07) is 14.9. The fourth-order valence-electron chi connectivity index (χ4n) is 3.33. The summed E-state index contributed by atoms with van der Waals surface area (Å²) in [7, 11) is 0. The van der Waals surface area contributed by atoms with Gasteiger partial charge in [0.1, 0.15) is 6.04 Å². The number of carboxylic acids is 2. The maximum absolute atomic E-state index is 11.2. The summed E-state index contributed by atoms with van der Waals surface area (Å²) in [5.74, 6) is -2.17. The van der Waals surface area contributed by atoms with Crippen molar-refractivity contribution in [2.45, 2.75) is 31.5 Å². The second-order valence-electron chi connectivity index (χ2n) is 6.53. The average Bonchev–Trinajstić information content (AvgIpc) is 2.95. The van der Waals surface area contributed by atoms with Crippen molar-refractivity contribution >= 4 is 33.7 Å². The van der Waals surface area contributed by atoms with Gasteiger partial charge >= 0.3 is 11.9 Å². The van der Waals surface area contributed by atoms with Crippen LogP contribution < -0.4 is 5.32 Å². The maximum atomic E-state index is 11.2. The van der Waals surface area contributed by atoms with Crippen LogP contribution >= 0.6 is 0 Å². The zero-order valence-corrected chi connectivity index (χ0v) is 14.7.